The summed E-state index contributed by atoms with van der Waals surface area (Å²) in [5.74, 6) is -0.952. The van der Waals surface area contributed by atoms with Crippen molar-refractivity contribution in [2.75, 3.05) is 5.38 Å². The Labute approximate surface area is 107 Å². The Kier molecular flexibility index (Phi) is 4.77. The molecule has 0 aromatic heterocycles. The molecule has 0 saturated heterocycles. The average Bonchev–Trinajstić information content (AvgIpc) is 2.28. The van der Waals surface area contributed by atoms with Crippen molar-refractivity contribution in [3.8, 4) is 0 Å². The first-order valence-electron chi connectivity index (χ1n) is 5.06. The lowest BCUT2D eigenvalue weighted by atomic mass is 10.4. The van der Waals surface area contributed by atoms with Gasteiger partial charge in [-0.2, -0.15) is 12.6 Å². The van der Waals surface area contributed by atoms with Crippen molar-refractivity contribution < 1.29 is 18.4 Å². The predicted molar refractivity (Wildman–Crippen MR) is 69.2 cm³/mol. The van der Waals surface area contributed by atoms with Gasteiger partial charge in [0.25, 0.3) is 11.9 Å². The Bertz CT molecular complexity index is 391. The van der Waals surface area contributed by atoms with E-state index in [2.05, 4.69) is 12.6 Å². The molecule has 1 aromatic carbocycles. The highest BCUT2D eigenvalue weighted by Crippen LogP contribution is 2.11. The summed E-state index contributed by atoms with van der Waals surface area (Å²) in [6, 6.07) is 8.98. The van der Waals surface area contributed by atoms with E-state index >= 15 is 0 Å². The lowest BCUT2D eigenvalue weighted by Gasteiger charge is -2.27. The molecule has 0 saturated carbocycles. The third-order valence-electron chi connectivity index (χ3n) is 2.04. The van der Waals surface area contributed by atoms with E-state index in [1.807, 2.05) is 6.07 Å². The Balaban J connectivity index is 3.15. The predicted octanol–water partition coefficient (Wildman–Crippen LogP) is 0.931. The van der Waals surface area contributed by atoms with Gasteiger partial charge in [0, 0.05) is 19.0 Å². The van der Waals surface area contributed by atoms with Crippen LogP contribution >= 0.6 is 12.6 Å². The molecule has 0 atom stereocenters. The smallest absolute Gasteiger partial charge is 0.481 e. The van der Waals surface area contributed by atoms with Crippen LogP contribution in [0.2, 0.25) is 0 Å². The van der Waals surface area contributed by atoms with E-state index in [1.54, 1.807) is 24.3 Å². The lowest BCUT2D eigenvalue weighted by Crippen LogP contribution is -2.57. The van der Waals surface area contributed by atoms with Crippen molar-refractivity contribution in [1.82, 2.24) is 0 Å². The second-order valence-corrected chi connectivity index (χ2v) is 7.22. The van der Waals surface area contributed by atoms with Gasteiger partial charge in [-0.25, -0.2) is 0 Å². The monoisotopic (exact) mass is 270 g/mol. The van der Waals surface area contributed by atoms with Crippen LogP contribution in [0.25, 0.3) is 0 Å². The minimum Gasteiger partial charge on any atom is -0.481 e. The first kappa shape index (κ1) is 13.8. The molecule has 0 N–H and O–H groups in total. The maximum atomic E-state index is 11.2. The standard InChI is InChI=1S/C11H14O4SSi/c1-9(12)14-17(8-16,15-10(2)13)11-6-4-3-5-7-11/h3-7,16H,8H2,1-2H3. The minimum absolute atomic E-state index is 0.191. The second-order valence-electron chi connectivity index (χ2n) is 3.46. The maximum Gasteiger partial charge on any atom is 0.509 e. The van der Waals surface area contributed by atoms with Gasteiger partial charge >= 0.3 is 8.56 Å². The zero-order valence-corrected chi connectivity index (χ0v) is 11.6. The van der Waals surface area contributed by atoms with Crippen LogP contribution in [0.3, 0.4) is 0 Å². The molecule has 4 nitrogen and oxygen atoms in total. The summed E-state index contributed by atoms with van der Waals surface area (Å²) in [7, 11) is -3.11. The largest absolute Gasteiger partial charge is 0.509 e. The first-order chi connectivity index (χ1) is 8.00. The molecule has 1 aromatic rings. The summed E-state index contributed by atoms with van der Waals surface area (Å²) in [5, 5.41) is 0.899. The Morgan fingerprint density at radius 2 is 1.59 bits per heavy atom. The second kappa shape index (κ2) is 5.88. The van der Waals surface area contributed by atoms with Crippen molar-refractivity contribution in [3.63, 3.8) is 0 Å². The fraction of sp³-hybridized carbons (Fsp3) is 0.273. The Hall–Kier alpha value is -1.27. The average molecular weight is 270 g/mol. The van der Waals surface area contributed by atoms with Crippen molar-refractivity contribution in [1.29, 1.82) is 0 Å². The molecule has 0 aliphatic rings. The number of carbonyl (C=O) groups is 2. The van der Waals surface area contributed by atoms with Gasteiger partial charge < -0.3 is 8.85 Å². The fourth-order valence-corrected chi connectivity index (χ4v) is 4.60. The zero-order valence-electron chi connectivity index (χ0n) is 9.67. The number of rotatable bonds is 4. The summed E-state index contributed by atoms with van der Waals surface area (Å²) in [6.45, 7) is 2.58. The van der Waals surface area contributed by atoms with Gasteiger partial charge in [-0.05, 0) is 0 Å². The van der Waals surface area contributed by atoms with Gasteiger partial charge in [0.1, 0.15) is 0 Å². The number of hydrogen-bond donors (Lipinski definition) is 1. The molecule has 6 heteroatoms. The molecule has 0 radical (unpaired) electrons. The molecule has 17 heavy (non-hydrogen) atoms. The summed E-state index contributed by atoms with van der Waals surface area (Å²) in [4.78, 5) is 22.3. The van der Waals surface area contributed by atoms with Gasteiger partial charge in [0.05, 0.1) is 5.38 Å². The molecule has 0 fully saturated rings. The molecule has 0 spiro atoms. The summed E-state index contributed by atoms with van der Waals surface area (Å²) >= 11 is 4.17. The van der Waals surface area contributed by atoms with Crippen LogP contribution in [0, 0.1) is 0 Å². The molecule has 0 amide bonds. The molecule has 1 rings (SSSR count). The van der Waals surface area contributed by atoms with Gasteiger partial charge in [0.15, 0.2) is 0 Å². The van der Waals surface area contributed by atoms with E-state index in [0.717, 1.165) is 0 Å². The van der Waals surface area contributed by atoms with Crippen LogP contribution < -0.4 is 5.19 Å². The van der Waals surface area contributed by atoms with Crippen molar-refractivity contribution in [2.24, 2.45) is 0 Å². The fourth-order valence-electron chi connectivity index (χ4n) is 1.45. The molecular formula is C11H14O4SSi. The Morgan fingerprint density at radius 3 is 1.94 bits per heavy atom. The molecule has 0 bridgehead atoms. The maximum absolute atomic E-state index is 11.2. The van der Waals surface area contributed by atoms with Crippen LogP contribution in [0.15, 0.2) is 30.3 Å². The van der Waals surface area contributed by atoms with E-state index in [1.165, 1.54) is 13.8 Å². The highest BCUT2D eigenvalue weighted by Gasteiger charge is 2.45. The third kappa shape index (κ3) is 3.60. The third-order valence-corrected chi connectivity index (χ3v) is 6.15. The van der Waals surface area contributed by atoms with E-state index in [0.29, 0.717) is 5.19 Å². The molecule has 0 aliphatic carbocycles. The number of thiol groups is 1. The van der Waals surface area contributed by atoms with E-state index in [4.69, 9.17) is 8.85 Å². The van der Waals surface area contributed by atoms with E-state index in [-0.39, 0.29) is 5.38 Å². The van der Waals surface area contributed by atoms with Crippen molar-refractivity contribution in [2.45, 2.75) is 13.8 Å². The van der Waals surface area contributed by atoms with Crippen LogP contribution in [-0.2, 0) is 18.4 Å². The molecule has 0 unspecified atom stereocenters. The van der Waals surface area contributed by atoms with Crippen molar-refractivity contribution >= 4 is 38.3 Å². The minimum atomic E-state index is -3.11. The molecule has 0 aliphatic heterocycles. The quantitative estimate of drug-likeness (QED) is 0.653. The lowest BCUT2D eigenvalue weighted by molar-refractivity contribution is -0.138. The van der Waals surface area contributed by atoms with E-state index < -0.39 is 20.5 Å². The van der Waals surface area contributed by atoms with Crippen LogP contribution in [-0.4, -0.2) is 25.9 Å². The summed E-state index contributed by atoms with van der Waals surface area (Å²) in [5.41, 5.74) is 0. The summed E-state index contributed by atoms with van der Waals surface area (Å²) < 4.78 is 10.5. The first-order valence-corrected chi connectivity index (χ1v) is 7.71. The van der Waals surface area contributed by atoms with Gasteiger partial charge in [0.2, 0.25) is 0 Å². The van der Waals surface area contributed by atoms with Crippen molar-refractivity contribution in [3.05, 3.63) is 30.3 Å². The molecule has 0 heterocycles. The van der Waals surface area contributed by atoms with Gasteiger partial charge in [-0.1, -0.05) is 30.3 Å². The number of hydrogen-bond acceptors (Lipinski definition) is 5. The molecular weight excluding hydrogens is 256 g/mol. The molecule has 92 valence electrons. The Morgan fingerprint density at radius 1 is 1.12 bits per heavy atom. The van der Waals surface area contributed by atoms with Crippen LogP contribution in [0.1, 0.15) is 13.8 Å². The normalized spacial score (nSPS) is 10.8. The van der Waals surface area contributed by atoms with Gasteiger partial charge in [-0.15, -0.1) is 0 Å². The van der Waals surface area contributed by atoms with E-state index in [9.17, 15) is 9.59 Å². The number of carbonyl (C=O) groups excluding carboxylic acids is 2. The highest BCUT2D eigenvalue weighted by molar-refractivity contribution is 7.82. The summed E-state index contributed by atoms with van der Waals surface area (Å²) in [6.07, 6.45) is 0. The van der Waals surface area contributed by atoms with Crippen LogP contribution in [0.5, 0.6) is 0 Å². The zero-order chi connectivity index (χ0) is 12.9. The van der Waals surface area contributed by atoms with Gasteiger partial charge in [-0.3, -0.25) is 9.59 Å². The highest BCUT2D eigenvalue weighted by atomic mass is 32.1. The topological polar surface area (TPSA) is 52.6 Å². The number of benzene rings is 1. The van der Waals surface area contributed by atoms with Crippen LogP contribution in [0.4, 0.5) is 0 Å². The SMILES string of the molecule is CC(=O)O[Si](CS)(OC(C)=O)c1ccccc1.